The fourth-order valence-electron chi connectivity index (χ4n) is 2.47. The topological polar surface area (TPSA) is 47.6 Å². The SMILES string of the molecule is COc1cc(C)ccc1OCC(=O)Nc1ccccc1C(C)(C)C. The van der Waals surface area contributed by atoms with Crippen LogP contribution in [0.1, 0.15) is 31.9 Å². The third-order valence-electron chi connectivity index (χ3n) is 3.69. The third-order valence-corrected chi connectivity index (χ3v) is 3.69. The second-order valence-electron chi connectivity index (χ2n) is 6.79. The highest BCUT2D eigenvalue weighted by Crippen LogP contribution is 2.30. The normalized spacial score (nSPS) is 11.0. The monoisotopic (exact) mass is 327 g/mol. The zero-order valence-electron chi connectivity index (χ0n) is 15.0. The molecule has 0 fully saturated rings. The molecule has 1 amide bonds. The first-order valence-corrected chi connectivity index (χ1v) is 7.98. The van der Waals surface area contributed by atoms with Crippen LogP contribution in [0.15, 0.2) is 42.5 Å². The maximum absolute atomic E-state index is 12.3. The number of carbonyl (C=O) groups is 1. The Morgan fingerprint density at radius 3 is 2.46 bits per heavy atom. The molecule has 0 radical (unpaired) electrons. The van der Waals surface area contributed by atoms with E-state index in [2.05, 4.69) is 26.1 Å². The summed E-state index contributed by atoms with van der Waals surface area (Å²) in [4.78, 5) is 12.3. The number of hydrogen-bond acceptors (Lipinski definition) is 3. The van der Waals surface area contributed by atoms with Crippen LogP contribution in [0, 0.1) is 6.92 Å². The number of nitrogens with one attached hydrogen (secondary N) is 1. The molecule has 0 aliphatic carbocycles. The quantitative estimate of drug-likeness (QED) is 0.890. The number of carbonyl (C=O) groups excluding carboxylic acids is 1. The lowest BCUT2D eigenvalue weighted by Crippen LogP contribution is -2.23. The van der Waals surface area contributed by atoms with Gasteiger partial charge in [0.2, 0.25) is 0 Å². The molecule has 0 aromatic heterocycles. The number of amides is 1. The Bertz CT molecular complexity index is 717. The summed E-state index contributed by atoms with van der Waals surface area (Å²) in [7, 11) is 1.58. The largest absolute Gasteiger partial charge is 0.493 e. The van der Waals surface area contributed by atoms with E-state index in [0.717, 1.165) is 16.8 Å². The first-order chi connectivity index (χ1) is 11.3. The van der Waals surface area contributed by atoms with Crippen LogP contribution >= 0.6 is 0 Å². The summed E-state index contributed by atoms with van der Waals surface area (Å²) >= 11 is 0. The van der Waals surface area contributed by atoms with Crippen molar-refractivity contribution in [1.82, 2.24) is 0 Å². The number of aryl methyl sites for hydroxylation is 1. The molecule has 4 nitrogen and oxygen atoms in total. The van der Waals surface area contributed by atoms with Gasteiger partial charge in [-0.1, -0.05) is 45.0 Å². The minimum absolute atomic E-state index is 0.0507. The van der Waals surface area contributed by atoms with E-state index in [0.29, 0.717) is 11.5 Å². The second kappa shape index (κ2) is 7.39. The van der Waals surface area contributed by atoms with Crippen molar-refractivity contribution < 1.29 is 14.3 Å². The van der Waals surface area contributed by atoms with E-state index in [4.69, 9.17) is 9.47 Å². The molecule has 2 rings (SSSR count). The maximum Gasteiger partial charge on any atom is 0.262 e. The number of para-hydroxylation sites is 1. The number of benzene rings is 2. The lowest BCUT2D eigenvalue weighted by molar-refractivity contribution is -0.118. The van der Waals surface area contributed by atoms with Gasteiger partial charge in [-0.2, -0.15) is 0 Å². The van der Waals surface area contributed by atoms with E-state index >= 15 is 0 Å². The highest BCUT2D eigenvalue weighted by molar-refractivity contribution is 5.92. The summed E-state index contributed by atoms with van der Waals surface area (Å²) in [5, 5.41) is 2.93. The van der Waals surface area contributed by atoms with Crippen LogP contribution in [0.2, 0.25) is 0 Å². The fourth-order valence-corrected chi connectivity index (χ4v) is 2.47. The summed E-state index contributed by atoms with van der Waals surface area (Å²) in [5.41, 5.74) is 2.92. The molecule has 128 valence electrons. The molecule has 0 atom stereocenters. The van der Waals surface area contributed by atoms with Gasteiger partial charge >= 0.3 is 0 Å². The van der Waals surface area contributed by atoms with Crippen LogP contribution in [-0.4, -0.2) is 19.6 Å². The molecule has 2 aromatic rings. The molecule has 0 heterocycles. The smallest absolute Gasteiger partial charge is 0.262 e. The summed E-state index contributed by atoms with van der Waals surface area (Å²) in [6, 6.07) is 13.4. The number of hydrogen-bond donors (Lipinski definition) is 1. The molecule has 0 aliphatic rings. The van der Waals surface area contributed by atoms with Crippen LogP contribution in [0.4, 0.5) is 5.69 Å². The lowest BCUT2D eigenvalue weighted by atomic mass is 9.86. The molecule has 0 spiro atoms. The summed E-state index contributed by atoms with van der Waals surface area (Å²) in [5.74, 6) is 0.981. The Kier molecular flexibility index (Phi) is 5.50. The van der Waals surface area contributed by atoms with Crippen LogP contribution in [0.5, 0.6) is 11.5 Å². The van der Waals surface area contributed by atoms with Crippen LogP contribution in [0.3, 0.4) is 0 Å². The summed E-state index contributed by atoms with van der Waals surface area (Å²) in [6.07, 6.45) is 0. The molecule has 0 unspecified atom stereocenters. The van der Waals surface area contributed by atoms with Gasteiger partial charge in [0.1, 0.15) is 0 Å². The molecule has 0 aliphatic heterocycles. The van der Waals surface area contributed by atoms with Gasteiger partial charge in [-0.05, 0) is 41.7 Å². The minimum Gasteiger partial charge on any atom is -0.493 e. The number of anilines is 1. The first kappa shape index (κ1) is 17.9. The Hall–Kier alpha value is -2.49. The Morgan fingerprint density at radius 2 is 1.79 bits per heavy atom. The van der Waals surface area contributed by atoms with Gasteiger partial charge in [0.15, 0.2) is 18.1 Å². The van der Waals surface area contributed by atoms with Crippen molar-refractivity contribution in [3.05, 3.63) is 53.6 Å². The molecule has 4 heteroatoms. The zero-order valence-corrected chi connectivity index (χ0v) is 15.0. The summed E-state index contributed by atoms with van der Waals surface area (Å²) in [6.45, 7) is 8.25. The number of methoxy groups -OCH3 is 1. The van der Waals surface area contributed by atoms with Gasteiger partial charge in [-0.25, -0.2) is 0 Å². The van der Waals surface area contributed by atoms with Gasteiger partial charge < -0.3 is 14.8 Å². The van der Waals surface area contributed by atoms with E-state index in [1.54, 1.807) is 7.11 Å². The Labute approximate surface area is 143 Å². The van der Waals surface area contributed by atoms with E-state index in [-0.39, 0.29) is 17.9 Å². The summed E-state index contributed by atoms with van der Waals surface area (Å²) < 4.78 is 10.9. The van der Waals surface area contributed by atoms with Gasteiger partial charge in [0.05, 0.1) is 7.11 Å². The van der Waals surface area contributed by atoms with Crippen molar-refractivity contribution >= 4 is 11.6 Å². The standard InChI is InChI=1S/C20H25NO3/c1-14-10-11-17(18(12-14)23-5)24-13-19(22)21-16-9-7-6-8-15(16)20(2,3)4/h6-12H,13H2,1-5H3,(H,21,22). The molecule has 0 bridgehead atoms. The van der Waals surface area contributed by atoms with E-state index in [9.17, 15) is 4.79 Å². The maximum atomic E-state index is 12.3. The average Bonchev–Trinajstić information content (AvgIpc) is 2.53. The Morgan fingerprint density at radius 1 is 1.08 bits per heavy atom. The number of ether oxygens (including phenoxy) is 2. The van der Waals surface area contributed by atoms with E-state index < -0.39 is 0 Å². The third kappa shape index (κ3) is 4.51. The van der Waals surface area contributed by atoms with Crippen molar-refractivity contribution in [2.45, 2.75) is 33.1 Å². The van der Waals surface area contributed by atoms with Gasteiger partial charge in [-0.3, -0.25) is 4.79 Å². The van der Waals surface area contributed by atoms with Crippen molar-refractivity contribution in [3.8, 4) is 11.5 Å². The van der Waals surface area contributed by atoms with Crippen molar-refractivity contribution in [3.63, 3.8) is 0 Å². The zero-order chi connectivity index (χ0) is 17.7. The van der Waals surface area contributed by atoms with E-state index in [1.165, 1.54) is 0 Å². The van der Waals surface area contributed by atoms with Crippen molar-refractivity contribution in [2.24, 2.45) is 0 Å². The molecule has 0 saturated carbocycles. The number of rotatable bonds is 5. The van der Waals surface area contributed by atoms with Crippen LogP contribution < -0.4 is 14.8 Å². The molecule has 24 heavy (non-hydrogen) atoms. The van der Waals surface area contributed by atoms with Gasteiger partial charge in [-0.15, -0.1) is 0 Å². The first-order valence-electron chi connectivity index (χ1n) is 7.98. The van der Waals surface area contributed by atoms with Crippen molar-refractivity contribution in [2.75, 3.05) is 19.0 Å². The molecular weight excluding hydrogens is 302 g/mol. The molecular formula is C20H25NO3. The predicted molar refractivity (Wildman–Crippen MR) is 97.0 cm³/mol. The van der Waals surface area contributed by atoms with Crippen LogP contribution in [-0.2, 0) is 10.2 Å². The van der Waals surface area contributed by atoms with Crippen molar-refractivity contribution in [1.29, 1.82) is 0 Å². The van der Waals surface area contributed by atoms with Crippen LogP contribution in [0.25, 0.3) is 0 Å². The minimum atomic E-state index is -0.200. The predicted octanol–water partition coefficient (Wildman–Crippen LogP) is 4.32. The highest BCUT2D eigenvalue weighted by atomic mass is 16.5. The molecule has 0 saturated heterocycles. The molecule has 1 N–H and O–H groups in total. The second-order valence-corrected chi connectivity index (χ2v) is 6.79. The Balaban J connectivity index is 2.05. The van der Waals surface area contributed by atoms with Gasteiger partial charge in [0, 0.05) is 5.69 Å². The van der Waals surface area contributed by atoms with E-state index in [1.807, 2.05) is 49.4 Å². The fraction of sp³-hybridized carbons (Fsp3) is 0.350. The molecule has 2 aromatic carbocycles. The lowest BCUT2D eigenvalue weighted by Gasteiger charge is -2.23. The average molecular weight is 327 g/mol. The van der Waals surface area contributed by atoms with Gasteiger partial charge in [0.25, 0.3) is 5.91 Å². The highest BCUT2D eigenvalue weighted by Gasteiger charge is 2.18.